The number of rotatable bonds is 5. The van der Waals surface area contributed by atoms with E-state index in [0.29, 0.717) is 11.3 Å². The molecular formula is C11H24N2OS. The SMILES string of the molecule is CCCC1CN(CC(C)S(C)=O)CCN1. The predicted molar refractivity (Wildman–Crippen MR) is 66.7 cm³/mol. The Morgan fingerprint density at radius 2 is 2.33 bits per heavy atom. The Kier molecular flexibility index (Phi) is 5.79. The summed E-state index contributed by atoms with van der Waals surface area (Å²) in [5.74, 6) is 0. The summed E-state index contributed by atoms with van der Waals surface area (Å²) in [7, 11) is -0.689. The Bertz CT molecular complexity index is 209. The molecule has 90 valence electrons. The first-order valence-corrected chi connectivity index (χ1v) is 7.53. The normalized spacial score (nSPS) is 27.5. The number of hydrogen-bond donors (Lipinski definition) is 1. The van der Waals surface area contributed by atoms with Crippen LogP contribution in [0.1, 0.15) is 26.7 Å². The summed E-state index contributed by atoms with van der Waals surface area (Å²) < 4.78 is 11.3. The van der Waals surface area contributed by atoms with E-state index in [-0.39, 0.29) is 0 Å². The van der Waals surface area contributed by atoms with E-state index in [9.17, 15) is 4.21 Å². The van der Waals surface area contributed by atoms with E-state index in [1.807, 2.05) is 0 Å². The Morgan fingerprint density at radius 1 is 1.60 bits per heavy atom. The molecule has 0 aliphatic carbocycles. The summed E-state index contributed by atoms with van der Waals surface area (Å²) >= 11 is 0. The molecular weight excluding hydrogens is 208 g/mol. The fraction of sp³-hybridized carbons (Fsp3) is 1.00. The number of nitrogens with zero attached hydrogens (tertiary/aromatic N) is 1. The molecule has 3 unspecified atom stereocenters. The minimum atomic E-state index is -0.689. The third-order valence-corrected chi connectivity index (χ3v) is 4.34. The van der Waals surface area contributed by atoms with Crippen LogP contribution in [0.15, 0.2) is 0 Å². The van der Waals surface area contributed by atoms with Crippen molar-refractivity contribution in [3.05, 3.63) is 0 Å². The average Bonchev–Trinajstić information content (AvgIpc) is 2.18. The molecule has 1 saturated heterocycles. The molecule has 1 rings (SSSR count). The second-order valence-corrected chi connectivity index (χ2v) is 6.31. The van der Waals surface area contributed by atoms with Crippen LogP contribution in [0.5, 0.6) is 0 Å². The largest absolute Gasteiger partial charge is 0.311 e. The summed E-state index contributed by atoms with van der Waals surface area (Å²) in [6.45, 7) is 8.58. The van der Waals surface area contributed by atoms with Crippen molar-refractivity contribution >= 4 is 10.8 Å². The van der Waals surface area contributed by atoms with Gasteiger partial charge in [-0.05, 0) is 13.3 Å². The molecule has 0 aromatic rings. The molecule has 3 atom stereocenters. The van der Waals surface area contributed by atoms with Crippen molar-refractivity contribution < 1.29 is 4.21 Å². The van der Waals surface area contributed by atoms with Crippen LogP contribution >= 0.6 is 0 Å². The summed E-state index contributed by atoms with van der Waals surface area (Å²) in [6.07, 6.45) is 4.29. The van der Waals surface area contributed by atoms with E-state index in [2.05, 4.69) is 24.1 Å². The van der Waals surface area contributed by atoms with Crippen molar-refractivity contribution in [3.8, 4) is 0 Å². The lowest BCUT2D eigenvalue weighted by Crippen LogP contribution is -2.52. The molecule has 1 aliphatic heterocycles. The van der Waals surface area contributed by atoms with Gasteiger partial charge in [-0.15, -0.1) is 0 Å². The maximum absolute atomic E-state index is 11.3. The molecule has 0 radical (unpaired) electrons. The van der Waals surface area contributed by atoms with Crippen molar-refractivity contribution in [1.29, 1.82) is 0 Å². The van der Waals surface area contributed by atoms with Crippen molar-refractivity contribution in [2.24, 2.45) is 0 Å². The van der Waals surface area contributed by atoms with Crippen molar-refractivity contribution in [3.63, 3.8) is 0 Å². The van der Waals surface area contributed by atoms with Crippen molar-refractivity contribution in [1.82, 2.24) is 10.2 Å². The second kappa shape index (κ2) is 6.61. The quantitative estimate of drug-likeness (QED) is 0.762. The molecule has 0 bridgehead atoms. The lowest BCUT2D eigenvalue weighted by molar-refractivity contribution is 0.196. The van der Waals surface area contributed by atoms with Crippen LogP contribution in [0.4, 0.5) is 0 Å². The van der Waals surface area contributed by atoms with Crippen LogP contribution in [0.3, 0.4) is 0 Å². The van der Waals surface area contributed by atoms with E-state index >= 15 is 0 Å². The molecule has 4 heteroatoms. The van der Waals surface area contributed by atoms with Gasteiger partial charge >= 0.3 is 0 Å². The van der Waals surface area contributed by atoms with Gasteiger partial charge in [-0.25, -0.2) is 0 Å². The van der Waals surface area contributed by atoms with Crippen LogP contribution in [-0.4, -0.2) is 52.8 Å². The third-order valence-electron chi connectivity index (χ3n) is 3.06. The molecule has 15 heavy (non-hydrogen) atoms. The molecule has 0 saturated carbocycles. The predicted octanol–water partition coefficient (Wildman–Crippen LogP) is 0.827. The molecule has 1 aliphatic rings. The molecule has 0 aromatic carbocycles. The van der Waals surface area contributed by atoms with Gasteiger partial charge in [0.1, 0.15) is 0 Å². The average molecular weight is 232 g/mol. The lowest BCUT2D eigenvalue weighted by Gasteiger charge is -2.34. The smallest absolute Gasteiger partial charge is 0.0444 e. The van der Waals surface area contributed by atoms with Crippen molar-refractivity contribution in [2.75, 3.05) is 32.4 Å². The van der Waals surface area contributed by atoms with Gasteiger partial charge in [0.2, 0.25) is 0 Å². The minimum absolute atomic E-state index is 0.297. The number of piperazine rings is 1. The highest BCUT2D eigenvalue weighted by Gasteiger charge is 2.20. The zero-order chi connectivity index (χ0) is 11.3. The van der Waals surface area contributed by atoms with Crippen LogP contribution in [0.2, 0.25) is 0 Å². The molecule has 0 aromatic heterocycles. The summed E-state index contributed by atoms with van der Waals surface area (Å²) in [4.78, 5) is 2.45. The molecule has 3 nitrogen and oxygen atoms in total. The van der Waals surface area contributed by atoms with Gasteiger partial charge in [0, 0.05) is 54.5 Å². The van der Waals surface area contributed by atoms with E-state index in [4.69, 9.17) is 0 Å². The van der Waals surface area contributed by atoms with Gasteiger partial charge in [-0.1, -0.05) is 13.3 Å². The van der Waals surface area contributed by atoms with E-state index in [0.717, 1.165) is 26.2 Å². The van der Waals surface area contributed by atoms with Crippen molar-refractivity contribution in [2.45, 2.75) is 38.0 Å². The highest BCUT2D eigenvalue weighted by Crippen LogP contribution is 2.07. The molecule has 1 fully saturated rings. The first-order chi connectivity index (χ1) is 7.13. The Labute approximate surface area is 96.1 Å². The van der Waals surface area contributed by atoms with Gasteiger partial charge in [0.15, 0.2) is 0 Å². The fourth-order valence-electron chi connectivity index (χ4n) is 2.07. The van der Waals surface area contributed by atoms with Gasteiger partial charge in [-0.2, -0.15) is 0 Å². The Morgan fingerprint density at radius 3 is 2.93 bits per heavy atom. The zero-order valence-corrected chi connectivity index (χ0v) is 11.0. The highest BCUT2D eigenvalue weighted by molar-refractivity contribution is 7.84. The van der Waals surface area contributed by atoms with Crippen LogP contribution in [-0.2, 0) is 10.8 Å². The maximum Gasteiger partial charge on any atom is 0.0444 e. The van der Waals surface area contributed by atoms with Crippen LogP contribution in [0, 0.1) is 0 Å². The van der Waals surface area contributed by atoms with Crippen LogP contribution < -0.4 is 5.32 Å². The topological polar surface area (TPSA) is 32.3 Å². The molecule has 1 heterocycles. The molecule has 1 N–H and O–H groups in total. The Hall–Kier alpha value is 0.0700. The highest BCUT2D eigenvalue weighted by atomic mass is 32.2. The number of nitrogens with one attached hydrogen (secondary N) is 1. The molecule has 0 amide bonds. The third kappa shape index (κ3) is 4.62. The second-order valence-electron chi connectivity index (χ2n) is 4.51. The lowest BCUT2D eigenvalue weighted by atomic mass is 10.1. The zero-order valence-electron chi connectivity index (χ0n) is 10.2. The van der Waals surface area contributed by atoms with E-state index in [1.165, 1.54) is 12.8 Å². The Balaban J connectivity index is 2.32. The fourth-order valence-corrected chi connectivity index (χ4v) is 2.49. The van der Waals surface area contributed by atoms with E-state index < -0.39 is 10.8 Å². The van der Waals surface area contributed by atoms with Gasteiger partial charge in [0.25, 0.3) is 0 Å². The number of hydrogen-bond acceptors (Lipinski definition) is 3. The van der Waals surface area contributed by atoms with Gasteiger partial charge in [0.05, 0.1) is 0 Å². The van der Waals surface area contributed by atoms with Crippen LogP contribution in [0.25, 0.3) is 0 Å². The van der Waals surface area contributed by atoms with E-state index in [1.54, 1.807) is 6.26 Å². The summed E-state index contributed by atoms with van der Waals surface area (Å²) in [5, 5.41) is 3.83. The van der Waals surface area contributed by atoms with Gasteiger partial charge < -0.3 is 5.32 Å². The first kappa shape index (κ1) is 13.1. The monoisotopic (exact) mass is 232 g/mol. The minimum Gasteiger partial charge on any atom is -0.311 e. The summed E-state index contributed by atoms with van der Waals surface area (Å²) in [5.41, 5.74) is 0. The molecule has 0 spiro atoms. The summed E-state index contributed by atoms with van der Waals surface area (Å²) in [6, 6.07) is 0.640. The standard InChI is InChI=1S/C11H24N2OS/c1-4-5-11-9-13(7-6-12-11)8-10(2)15(3)14/h10-12H,4-9H2,1-3H3. The van der Waals surface area contributed by atoms with Gasteiger partial charge in [-0.3, -0.25) is 9.11 Å². The first-order valence-electron chi connectivity index (χ1n) is 5.91. The maximum atomic E-state index is 11.3.